The van der Waals surface area contributed by atoms with Crippen molar-refractivity contribution < 1.29 is 19.2 Å². The highest BCUT2D eigenvalue weighted by Gasteiger charge is 2.34. The van der Waals surface area contributed by atoms with Gasteiger partial charge in [-0.15, -0.1) is 0 Å². The molecule has 18 heavy (non-hydrogen) atoms. The molecule has 98 valence electrons. The first-order valence-corrected chi connectivity index (χ1v) is 5.99. The number of aliphatic carboxylic acids is 1. The van der Waals surface area contributed by atoms with Gasteiger partial charge in [0.1, 0.15) is 12.3 Å². The molecule has 0 aliphatic carbocycles. The number of amides is 1. The Balaban J connectivity index is 2.05. The summed E-state index contributed by atoms with van der Waals surface area (Å²) in [4.78, 5) is 24.7. The molecular formula is C12H16N2O4. The average molecular weight is 252 g/mol. The van der Waals surface area contributed by atoms with Gasteiger partial charge >= 0.3 is 5.97 Å². The van der Waals surface area contributed by atoms with Crippen LogP contribution in [0, 0.1) is 5.92 Å². The van der Waals surface area contributed by atoms with Crippen LogP contribution in [0.15, 0.2) is 16.9 Å². The Bertz CT molecular complexity index is 429. The fourth-order valence-electron chi connectivity index (χ4n) is 2.26. The Morgan fingerprint density at radius 3 is 3.00 bits per heavy atom. The first-order valence-electron chi connectivity index (χ1n) is 5.99. The largest absolute Gasteiger partial charge is 0.480 e. The van der Waals surface area contributed by atoms with Crippen LogP contribution in [-0.4, -0.2) is 39.6 Å². The van der Waals surface area contributed by atoms with Gasteiger partial charge in [0, 0.05) is 12.6 Å². The zero-order valence-electron chi connectivity index (χ0n) is 10.2. The van der Waals surface area contributed by atoms with Crippen molar-refractivity contribution in [3.8, 4) is 0 Å². The van der Waals surface area contributed by atoms with Gasteiger partial charge in [-0.1, -0.05) is 12.1 Å². The molecule has 1 aromatic rings. The maximum absolute atomic E-state index is 12.1. The lowest BCUT2D eigenvalue weighted by Gasteiger charge is -2.35. The number of carboxylic acid groups (broad SMARTS) is 1. The second-order valence-electron chi connectivity index (χ2n) is 4.74. The van der Waals surface area contributed by atoms with Crippen molar-refractivity contribution in [3.05, 3.63) is 18.0 Å². The standard InChI is InChI=1S/C12H16N2O4/c1-8-2-4-14(10(6-8)12(16)17)11(15)7-9-3-5-18-13-9/h3,5,8,10H,2,4,6-7H2,1H3,(H,16,17). The van der Waals surface area contributed by atoms with Gasteiger partial charge in [-0.05, 0) is 18.8 Å². The fraction of sp³-hybridized carbons (Fsp3) is 0.583. The number of aromatic nitrogens is 1. The number of likely N-dealkylation sites (tertiary alicyclic amines) is 1. The molecule has 0 saturated carbocycles. The number of carbonyl (C=O) groups excluding carboxylic acids is 1. The van der Waals surface area contributed by atoms with E-state index in [0.29, 0.717) is 24.6 Å². The van der Waals surface area contributed by atoms with E-state index in [-0.39, 0.29) is 12.3 Å². The van der Waals surface area contributed by atoms with Crippen molar-refractivity contribution in [2.45, 2.75) is 32.2 Å². The van der Waals surface area contributed by atoms with Crippen molar-refractivity contribution in [1.82, 2.24) is 10.1 Å². The summed E-state index contributed by atoms with van der Waals surface area (Å²) in [6.45, 7) is 2.50. The van der Waals surface area contributed by atoms with Gasteiger partial charge < -0.3 is 14.5 Å². The summed E-state index contributed by atoms with van der Waals surface area (Å²) >= 11 is 0. The molecule has 2 rings (SSSR count). The van der Waals surface area contributed by atoms with E-state index >= 15 is 0 Å². The number of hydrogen-bond acceptors (Lipinski definition) is 4. The number of nitrogens with zero attached hydrogens (tertiary/aromatic N) is 2. The Labute approximate surface area is 105 Å². The summed E-state index contributed by atoms with van der Waals surface area (Å²) in [5.74, 6) is -0.805. The predicted octanol–water partition coefficient (Wildman–Crippen LogP) is 0.929. The number of carboxylic acids is 1. The molecule has 1 saturated heterocycles. The molecule has 2 unspecified atom stereocenters. The van der Waals surface area contributed by atoms with E-state index in [2.05, 4.69) is 9.68 Å². The van der Waals surface area contributed by atoms with Crippen LogP contribution in [0.2, 0.25) is 0 Å². The Hall–Kier alpha value is -1.85. The third-order valence-corrected chi connectivity index (χ3v) is 3.29. The average Bonchev–Trinajstić information content (AvgIpc) is 2.81. The van der Waals surface area contributed by atoms with Gasteiger partial charge in [-0.2, -0.15) is 0 Å². The van der Waals surface area contributed by atoms with Gasteiger partial charge in [0.25, 0.3) is 0 Å². The number of rotatable bonds is 3. The summed E-state index contributed by atoms with van der Waals surface area (Å²) in [6.07, 6.45) is 2.85. The van der Waals surface area contributed by atoms with E-state index in [0.717, 1.165) is 6.42 Å². The summed E-state index contributed by atoms with van der Waals surface area (Å²) in [5, 5.41) is 12.8. The maximum atomic E-state index is 12.1. The molecule has 1 amide bonds. The minimum absolute atomic E-state index is 0.0919. The van der Waals surface area contributed by atoms with E-state index in [9.17, 15) is 14.7 Å². The first-order chi connectivity index (χ1) is 8.58. The molecule has 0 spiro atoms. The summed E-state index contributed by atoms with van der Waals surface area (Å²) in [5.41, 5.74) is 0.530. The zero-order chi connectivity index (χ0) is 13.1. The van der Waals surface area contributed by atoms with E-state index in [1.165, 1.54) is 11.2 Å². The molecule has 0 bridgehead atoms. The summed E-state index contributed by atoms with van der Waals surface area (Å²) in [6, 6.07) is 0.897. The monoisotopic (exact) mass is 252 g/mol. The Kier molecular flexibility index (Phi) is 3.64. The van der Waals surface area contributed by atoms with Crippen LogP contribution < -0.4 is 0 Å². The number of carbonyl (C=O) groups is 2. The number of piperidine rings is 1. The van der Waals surface area contributed by atoms with Crippen molar-refractivity contribution in [3.63, 3.8) is 0 Å². The van der Waals surface area contributed by atoms with Crippen LogP contribution in [0.25, 0.3) is 0 Å². The minimum Gasteiger partial charge on any atom is -0.480 e. The topological polar surface area (TPSA) is 83.6 Å². The zero-order valence-corrected chi connectivity index (χ0v) is 10.2. The van der Waals surface area contributed by atoms with Crippen molar-refractivity contribution in [2.24, 2.45) is 5.92 Å². The predicted molar refractivity (Wildman–Crippen MR) is 61.7 cm³/mol. The molecule has 1 N–H and O–H groups in total. The fourth-order valence-corrected chi connectivity index (χ4v) is 2.26. The smallest absolute Gasteiger partial charge is 0.326 e. The summed E-state index contributed by atoms with van der Waals surface area (Å²) < 4.78 is 4.66. The van der Waals surface area contributed by atoms with Gasteiger partial charge in [-0.3, -0.25) is 4.79 Å². The van der Waals surface area contributed by atoms with Gasteiger partial charge in [-0.25, -0.2) is 4.79 Å². The molecule has 2 heterocycles. The second kappa shape index (κ2) is 5.20. The lowest BCUT2D eigenvalue weighted by atomic mass is 9.92. The first kappa shape index (κ1) is 12.6. The van der Waals surface area contributed by atoms with E-state index < -0.39 is 12.0 Å². The number of hydrogen-bond donors (Lipinski definition) is 1. The lowest BCUT2D eigenvalue weighted by molar-refractivity contribution is -0.152. The van der Waals surface area contributed by atoms with Crippen molar-refractivity contribution in [1.29, 1.82) is 0 Å². The van der Waals surface area contributed by atoms with Crippen LogP contribution in [0.1, 0.15) is 25.5 Å². The molecular weight excluding hydrogens is 236 g/mol. The highest BCUT2D eigenvalue weighted by molar-refractivity contribution is 5.85. The third kappa shape index (κ3) is 2.69. The van der Waals surface area contributed by atoms with Crippen molar-refractivity contribution in [2.75, 3.05) is 6.54 Å². The second-order valence-corrected chi connectivity index (χ2v) is 4.74. The van der Waals surface area contributed by atoms with Crippen LogP contribution in [0.4, 0.5) is 0 Å². The molecule has 2 atom stereocenters. The lowest BCUT2D eigenvalue weighted by Crippen LogP contribution is -2.50. The highest BCUT2D eigenvalue weighted by atomic mass is 16.5. The van der Waals surface area contributed by atoms with Gasteiger partial charge in [0.2, 0.25) is 5.91 Å². The normalized spacial score (nSPS) is 23.9. The highest BCUT2D eigenvalue weighted by Crippen LogP contribution is 2.23. The quantitative estimate of drug-likeness (QED) is 0.865. The third-order valence-electron chi connectivity index (χ3n) is 3.29. The summed E-state index contributed by atoms with van der Waals surface area (Å²) in [7, 11) is 0. The Morgan fingerprint density at radius 1 is 1.61 bits per heavy atom. The van der Waals surface area contributed by atoms with Gasteiger partial charge in [0.15, 0.2) is 0 Å². The Morgan fingerprint density at radius 2 is 2.39 bits per heavy atom. The van der Waals surface area contributed by atoms with Crippen LogP contribution in [0.5, 0.6) is 0 Å². The maximum Gasteiger partial charge on any atom is 0.326 e. The minimum atomic E-state index is -0.935. The van der Waals surface area contributed by atoms with E-state index in [4.69, 9.17) is 0 Å². The van der Waals surface area contributed by atoms with Crippen LogP contribution in [0.3, 0.4) is 0 Å². The molecule has 1 aliphatic heterocycles. The SMILES string of the molecule is CC1CCN(C(=O)Cc2ccon2)C(C(=O)O)C1. The molecule has 0 radical (unpaired) electrons. The molecule has 1 aliphatic rings. The molecule has 0 aromatic carbocycles. The van der Waals surface area contributed by atoms with E-state index in [1.807, 2.05) is 6.92 Å². The van der Waals surface area contributed by atoms with Crippen molar-refractivity contribution >= 4 is 11.9 Å². The van der Waals surface area contributed by atoms with Gasteiger partial charge in [0.05, 0.1) is 12.1 Å². The molecule has 1 fully saturated rings. The molecule has 1 aromatic heterocycles. The van der Waals surface area contributed by atoms with E-state index in [1.54, 1.807) is 6.07 Å². The molecule has 6 nitrogen and oxygen atoms in total. The van der Waals surface area contributed by atoms with Crippen LogP contribution >= 0.6 is 0 Å². The van der Waals surface area contributed by atoms with Crippen LogP contribution in [-0.2, 0) is 16.0 Å². The molecule has 6 heteroatoms.